The second-order valence-corrected chi connectivity index (χ2v) is 8.70. The van der Waals surface area contributed by atoms with Crippen LogP contribution in [0.1, 0.15) is 69.8 Å². The van der Waals surface area contributed by atoms with E-state index in [9.17, 15) is 23.8 Å². The quantitative estimate of drug-likeness (QED) is 0.284. The highest BCUT2D eigenvalue weighted by atomic mass is 19.1. The number of aliphatic hydroxyl groups excluding tert-OH is 2. The van der Waals surface area contributed by atoms with E-state index in [1.165, 1.54) is 19.2 Å². The second-order valence-electron chi connectivity index (χ2n) is 8.70. The summed E-state index contributed by atoms with van der Waals surface area (Å²) < 4.78 is 26.7. The van der Waals surface area contributed by atoms with Crippen LogP contribution in [0, 0.1) is 23.5 Å². The van der Waals surface area contributed by atoms with Crippen molar-refractivity contribution in [2.75, 3.05) is 7.11 Å². The Bertz CT molecular complexity index is 738. The van der Waals surface area contributed by atoms with Gasteiger partial charge in [-0.3, -0.25) is 4.79 Å². The number of carboxylic acid groups (broad SMARTS) is 1. The Labute approximate surface area is 188 Å². The Hall–Kier alpha value is -2.06. The highest BCUT2D eigenvalue weighted by Gasteiger charge is 2.39. The first-order chi connectivity index (χ1) is 15.3. The van der Waals surface area contributed by atoms with E-state index < -0.39 is 29.8 Å². The van der Waals surface area contributed by atoms with Crippen LogP contribution >= 0.6 is 0 Å². The van der Waals surface area contributed by atoms with Crippen LogP contribution in [0.3, 0.4) is 0 Å². The molecule has 0 saturated heterocycles. The van der Waals surface area contributed by atoms with E-state index in [2.05, 4.69) is 5.16 Å². The van der Waals surface area contributed by atoms with Crippen molar-refractivity contribution in [3.8, 4) is 0 Å². The number of carbonyl (C=O) groups is 1. The normalized spacial score (nSPS) is 22.9. The lowest BCUT2D eigenvalue weighted by molar-refractivity contribution is -0.137. The van der Waals surface area contributed by atoms with Crippen molar-refractivity contribution >= 4 is 11.7 Å². The van der Waals surface area contributed by atoms with E-state index in [0.717, 1.165) is 37.5 Å². The number of aliphatic carboxylic acids is 1. The molecule has 0 amide bonds. The van der Waals surface area contributed by atoms with E-state index in [-0.39, 0.29) is 18.3 Å². The summed E-state index contributed by atoms with van der Waals surface area (Å²) in [5.41, 5.74) is 1.32. The molecular formula is C24H35F2NO5. The van der Waals surface area contributed by atoms with Gasteiger partial charge in [-0.25, -0.2) is 8.78 Å². The van der Waals surface area contributed by atoms with Gasteiger partial charge in [-0.1, -0.05) is 24.4 Å². The van der Waals surface area contributed by atoms with Crippen molar-refractivity contribution in [1.29, 1.82) is 0 Å². The topological polar surface area (TPSA) is 99.4 Å². The van der Waals surface area contributed by atoms with Crippen molar-refractivity contribution in [3.63, 3.8) is 0 Å². The van der Waals surface area contributed by atoms with Gasteiger partial charge in [0.1, 0.15) is 18.7 Å². The van der Waals surface area contributed by atoms with Crippen LogP contribution in [0.15, 0.2) is 23.4 Å². The van der Waals surface area contributed by atoms with Gasteiger partial charge in [0.25, 0.3) is 0 Å². The average molecular weight is 456 g/mol. The number of hydrogen-bond donors (Lipinski definition) is 3. The predicted molar refractivity (Wildman–Crippen MR) is 117 cm³/mol. The third-order valence-electron chi connectivity index (χ3n) is 6.24. The summed E-state index contributed by atoms with van der Waals surface area (Å²) in [6.07, 6.45) is 5.50. The van der Waals surface area contributed by atoms with Gasteiger partial charge >= 0.3 is 5.97 Å². The van der Waals surface area contributed by atoms with Crippen molar-refractivity contribution in [2.45, 2.75) is 82.8 Å². The van der Waals surface area contributed by atoms with Gasteiger partial charge < -0.3 is 20.2 Å². The average Bonchev–Trinajstić information content (AvgIpc) is 3.01. The summed E-state index contributed by atoms with van der Waals surface area (Å²) in [5, 5.41) is 33.8. The fourth-order valence-corrected chi connectivity index (χ4v) is 4.64. The molecule has 4 atom stereocenters. The van der Waals surface area contributed by atoms with E-state index in [1.54, 1.807) is 0 Å². The zero-order chi connectivity index (χ0) is 23.5. The lowest BCUT2D eigenvalue weighted by atomic mass is 9.84. The number of halogens is 2. The zero-order valence-electron chi connectivity index (χ0n) is 18.7. The maximum Gasteiger partial charge on any atom is 0.303 e. The van der Waals surface area contributed by atoms with Crippen LogP contribution in [0.2, 0.25) is 0 Å². The highest BCUT2D eigenvalue weighted by molar-refractivity contribution is 5.89. The second kappa shape index (κ2) is 13.5. The zero-order valence-corrected chi connectivity index (χ0v) is 18.7. The Morgan fingerprint density at radius 3 is 2.47 bits per heavy atom. The molecular weight excluding hydrogens is 420 g/mol. The van der Waals surface area contributed by atoms with Crippen LogP contribution in [-0.4, -0.2) is 46.3 Å². The first-order valence-electron chi connectivity index (χ1n) is 11.4. The van der Waals surface area contributed by atoms with E-state index in [0.29, 0.717) is 44.1 Å². The van der Waals surface area contributed by atoms with E-state index >= 15 is 0 Å². The largest absolute Gasteiger partial charge is 0.481 e. The van der Waals surface area contributed by atoms with Crippen LogP contribution in [0.25, 0.3) is 0 Å². The molecule has 1 fully saturated rings. The van der Waals surface area contributed by atoms with Crippen molar-refractivity contribution in [1.82, 2.24) is 0 Å². The number of carboxylic acids is 1. The van der Waals surface area contributed by atoms with Gasteiger partial charge in [-0.2, -0.15) is 0 Å². The number of benzene rings is 1. The summed E-state index contributed by atoms with van der Waals surface area (Å²) in [4.78, 5) is 15.6. The molecule has 0 radical (unpaired) electrons. The fraction of sp³-hybridized carbons (Fsp3) is 0.667. The molecule has 0 unspecified atom stereocenters. The molecule has 0 bridgehead atoms. The Kier molecular flexibility index (Phi) is 11.0. The number of nitrogens with zero attached hydrogens (tertiary/aromatic N) is 1. The van der Waals surface area contributed by atoms with Crippen molar-refractivity contribution in [3.05, 3.63) is 35.4 Å². The summed E-state index contributed by atoms with van der Waals surface area (Å²) >= 11 is 0. The monoisotopic (exact) mass is 455 g/mol. The Morgan fingerprint density at radius 1 is 1.12 bits per heavy atom. The van der Waals surface area contributed by atoms with E-state index in [1.807, 2.05) is 0 Å². The third kappa shape index (κ3) is 8.82. The molecule has 6 nitrogen and oxygen atoms in total. The molecule has 0 spiro atoms. The van der Waals surface area contributed by atoms with Crippen molar-refractivity contribution < 1.29 is 33.7 Å². The van der Waals surface area contributed by atoms with Gasteiger partial charge in [-0.05, 0) is 62.1 Å². The molecule has 3 N–H and O–H groups in total. The molecule has 0 aromatic heterocycles. The molecule has 0 aliphatic heterocycles. The SMILES string of the molecule is CO/N=C1/C[C@H](O)[C@H](CCCCCCC(=O)O)[C@H]1CC[C@@H](O)CCc1cc(F)cc(F)c1. The van der Waals surface area contributed by atoms with E-state index in [4.69, 9.17) is 9.94 Å². The first kappa shape index (κ1) is 26.2. The molecule has 1 saturated carbocycles. The molecule has 180 valence electrons. The minimum absolute atomic E-state index is 0.00485. The van der Waals surface area contributed by atoms with Crippen LogP contribution < -0.4 is 0 Å². The number of aryl methyl sites for hydroxylation is 1. The maximum absolute atomic E-state index is 13.3. The standard InChI is InChI=1S/C24H35F2NO5/c1-32-27-22-15-23(29)21(6-4-2-3-5-7-24(30)31)20(22)11-10-19(28)9-8-16-12-17(25)14-18(26)13-16/h12-14,19-21,23,28-29H,2-11,15H2,1H3,(H,30,31)/b27-22-/t19-,20+,21+,23-/m0/s1. The summed E-state index contributed by atoms with van der Waals surface area (Å²) in [7, 11) is 1.47. The van der Waals surface area contributed by atoms with Gasteiger partial charge in [0.15, 0.2) is 0 Å². The molecule has 1 aromatic rings. The van der Waals surface area contributed by atoms with Crippen molar-refractivity contribution in [2.24, 2.45) is 17.0 Å². The number of aliphatic hydroxyl groups is 2. The Morgan fingerprint density at radius 2 is 1.81 bits per heavy atom. The van der Waals surface area contributed by atoms with Gasteiger partial charge in [0.2, 0.25) is 0 Å². The number of unbranched alkanes of at least 4 members (excludes halogenated alkanes) is 3. The minimum atomic E-state index is -0.780. The summed E-state index contributed by atoms with van der Waals surface area (Å²) in [6.45, 7) is 0. The summed E-state index contributed by atoms with van der Waals surface area (Å²) in [5.74, 6) is -2.00. The molecule has 1 aromatic carbocycles. The third-order valence-corrected chi connectivity index (χ3v) is 6.24. The molecule has 8 heteroatoms. The van der Waals surface area contributed by atoms with Gasteiger partial charge in [-0.15, -0.1) is 0 Å². The first-order valence-corrected chi connectivity index (χ1v) is 11.4. The molecule has 32 heavy (non-hydrogen) atoms. The summed E-state index contributed by atoms with van der Waals surface area (Å²) in [6, 6.07) is 3.38. The lowest BCUT2D eigenvalue weighted by Gasteiger charge is -2.23. The number of oxime groups is 1. The van der Waals surface area contributed by atoms with Crippen LogP contribution in [0.4, 0.5) is 8.78 Å². The van der Waals surface area contributed by atoms with Crippen LogP contribution in [-0.2, 0) is 16.1 Å². The molecule has 2 rings (SSSR count). The predicted octanol–water partition coefficient (Wildman–Crippen LogP) is 4.46. The fourth-order valence-electron chi connectivity index (χ4n) is 4.64. The lowest BCUT2D eigenvalue weighted by Crippen LogP contribution is -2.22. The number of hydrogen-bond acceptors (Lipinski definition) is 5. The Balaban J connectivity index is 1.84. The van der Waals surface area contributed by atoms with Gasteiger partial charge in [0.05, 0.1) is 17.9 Å². The van der Waals surface area contributed by atoms with Crippen LogP contribution in [0.5, 0.6) is 0 Å². The molecule has 1 aliphatic carbocycles. The molecule has 1 aliphatic rings. The maximum atomic E-state index is 13.3. The minimum Gasteiger partial charge on any atom is -0.481 e. The smallest absolute Gasteiger partial charge is 0.303 e. The highest BCUT2D eigenvalue weighted by Crippen LogP contribution is 2.37. The number of rotatable bonds is 14. The van der Waals surface area contributed by atoms with Gasteiger partial charge in [0, 0.05) is 24.8 Å². The molecule has 0 heterocycles.